The third kappa shape index (κ3) is 3.18. The lowest BCUT2D eigenvalue weighted by Crippen LogP contribution is -2.11. The van der Waals surface area contributed by atoms with Crippen LogP contribution < -0.4 is 5.32 Å². The molecule has 1 N–H and O–H groups in total. The first kappa shape index (κ1) is 12.8. The molecule has 0 bridgehead atoms. The third-order valence-electron chi connectivity index (χ3n) is 2.32. The van der Waals surface area contributed by atoms with Gasteiger partial charge in [0.15, 0.2) is 0 Å². The Balaban J connectivity index is 1.83. The summed E-state index contributed by atoms with van der Waals surface area (Å²) in [6.45, 7) is 3.26. The molecule has 0 fully saturated rings. The molecule has 18 heavy (non-hydrogen) atoms. The highest BCUT2D eigenvalue weighted by Gasteiger charge is 2.09. The molecular formula is C12H14N2O3S. The van der Waals surface area contributed by atoms with Crippen molar-refractivity contribution in [3.05, 3.63) is 39.7 Å². The van der Waals surface area contributed by atoms with Gasteiger partial charge in [-0.05, 0) is 13.0 Å². The van der Waals surface area contributed by atoms with Crippen molar-refractivity contribution in [2.24, 2.45) is 0 Å². The second kappa shape index (κ2) is 5.79. The lowest BCUT2D eigenvalue weighted by molar-refractivity contribution is 0.0600. The monoisotopic (exact) mass is 266 g/mol. The van der Waals surface area contributed by atoms with Gasteiger partial charge >= 0.3 is 5.97 Å². The van der Waals surface area contributed by atoms with E-state index in [4.69, 9.17) is 4.42 Å². The van der Waals surface area contributed by atoms with Crippen molar-refractivity contribution < 1.29 is 13.9 Å². The number of nitrogens with zero attached hydrogens (tertiary/aromatic N) is 1. The van der Waals surface area contributed by atoms with E-state index in [1.165, 1.54) is 18.3 Å². The van der Waals surface area contributed by atoms with Crippen molar-refractivity contribution in [3.8, 4) is 0 Å². The molecule has 0 atom stereocenters. The number of carbonyl (C=O) groups excluding carboxylic acids is 1. The highest BCUT2D eigenvalue weighted by molar-refractivity contribution is 7.11. The molecule has 6 heteroatoms. The van der Waals surface area contributed by atoms with Crippen LogP contribution >= 0.6 is 11.3 Å². The van der Waals surface area contributed by atoms with Crippen molar-refractivity contribution in [2.45, 2.75) is 20.0 Å². The minimum absolute atomic E-state index is 0.388. The largest absolute Gasteiger partial charge is 0.467 e. The van der Waals surface area contributed by atoms with Gasteiger partial charge in [0.1, 0.15) is 17.0 Å². The number of ether oxygens (including phenoxy) is 1. The van der Waals surface area contributed by atoms with Crippen molar-refractivity contribution >= 4 is 17.3 Å². The van der Waals surface area contributed by atoms with Gasteiger partial charge in [-0.1, -0.05) is 0 Å². The number of methoxy groups -OCH3 is 1. The third-order valence-corrected chi connectivity index (χ3v) is 3.23. The molecule has 0 unspecified atom stereocenters. The van der Waals surface area contributed by atoms with Crippen LogP contribution in [-0.4, -0.2) is 18.1 Å². The van der Waals surface area contributed by atoms with Crippen LogP contribution in [0, 0.1) is 6.92 Å². The summed E-state index contributed by atoms with van der Waals surface area (Å²) in [4.78, 5) is 16.7. The quantitative estimate of drug-likeness (QED) is 0.840. The van der Waals surface area contributed by atoms with Crippen LogP contribution in [0.15, 0.2) is 22.9 Å². The van der Waals surface area contributed by atoms with Crippen LogP contribution in [0.3, 0.4) is 0 Å². The molecule has 5 nitrogen and oxygen atoms in total. The summed E-state index contributed by atoms with van der Waals surface area (Å²) in [5.41, 5.74) is 0.430. The number of aryl methyl sites for hydroxylation is 1. The van der Waals surface area contributed by atoms with Gasteiger partial charge in [0, 0.05) is 17.6 Å². The summed E-state index contributed by atoms with van der Waals surface area (Å²) in [5, 5.41) is 4.24. The average molecular weight is 266 g/mol. The summed E-state index contributed by atoms with van der Waals surface area (Å²) in [6, 6.07) is 1.67. The molecular weight excluding hydrogens is 252 g/mol. The molecule has 0 aliphatic rings. The number of esters is 1. The van der Waals surface area contributed by atoms with Crippen molar-refractivity contribution in [1.82, 2.24) is 10.3 Å². The predicted octanol–water partition coefficient (Wildman–Crippen LogP) is 2.12. The first-order valence-electron chi connectivity index (χ1n) is 5.47. The summed E-state index contributed by atoms with van der Waals surface area (Å²) in [5.74, 6) is 0.309. The van der Waals surface area contributed by atoms with Crippen molar-refractivity contribution in [2.75, 3.05) is 7.11 Å². The van der Waals surface area contributed by atoms with E-state index < -0.39 is 0 Å². The Morgan fingerprint density at radius 1 is 1.56 bits per heavy atom. The number of rotatable bonds is 5. The Hall–Kier alpha value is -1.66. The van der Waals surface area contributed by atoms with E-state index in [0.29, 0.717) is 24.4 Å². The van der Waals surface area contributed by atoms with E-state index in [1.807, 2.05) is 13.1 Å². The number of aromatic nitrogens is 1. The maximum absolute atomic E-state index is 11.2. The van der Waals surface area contributed by atoms with Gasteiger partial charge in [-0.3, -0.25) is 0 Å². The molecule has 0 aliphatic heterocycles. The molecule has 96 valence electrons. The molecule has 0 saturated carbocycles. The van der Waals surface area contributed by atoms with E-state index in [1.54, 1.807) is 17.4 Å². The van der Waals surface area contributed by atoms with Gasteiger partial charge in [-0.25, -0.2) is 9.78 Å². The molecule has 0 radical (unpaired) electrons. The highest BCUT2D eigenvalue weighted by atomic mass is 32.1. The van der Waals surface area contributed by atoms with Crippen LogP contribution in [0.2, 0.25) is 0 Å². The lowest BCUT2D eigenvalue weighted by atomic mass is 10.3. The standard InChI is InChI=1S/C12H14N2O3S/c1-8-4-14-11(18-8)6-13-5-10-3-9(7-17-10)12(15)16-2/h3-4,7,13H,5-6H2,1-2H3. The first-order chi connectivity index (χ1) is 8.69. The Morgan fingerprint density at radius 2 is 2.39 bits per heavy atom. The fraction of sp³-hybridized carbons (Fsp3) is 0.333. The number of thiazole rings is 1. The van der Waals surface area contributed by atoms with Gasteiger partial charge in [0.2, 0.25) is 0 Å². The second-order valence-electron chi connectivity index (χ2n) is 3.76. The smallest absolute Gasteiger partial charge is 0.341 e. The predicted molar refractivity (Wildman–Crippen MR) is 67.4 cm³/mol. The minimum Gasteiger partial charge on any atom is -0.467 e. The Bertz CT molecular complexity index is 533. The zero-order valence-electron chi connectivity index (χ0n) is 10.2. The molecule has 2 aromatic heterocycles. The van der Waals surface area contributed by atoms with E-state index >= 15 is 0 Å². The summed E-state index contributed by atoms with van der Waals surface area (Å²) < 4.78 is 9.85. The maximum Gasteiger partial charge on any atom is 0.341 e. The number of carbonyl (C=O) groups is 1. The molecule has 0 aromatic carbocycles. The number of hydrogen-bond acceptors (Lipinski definition) is 6. The van der Waals surface area contributed by atoms with E-state index in [9.17, 15) is 4.79 Å². The van der Waals surface area contributed by atoms with Crippen molar-refractivity contribution in [3.63, 3.8) is 0 Å². The fourth-order valence-corrected chi connectivity index (χ4v) is 2.23. The molecule has 0 saturated heterocycles. The summed E-state index contributed by atoms with van der Waals surface area (Å²) in [7, 11) is 1.35. The van der Waals surface area contributed by atoms with E-state index in [2.05, 4.69) is 15.0 Å². The van der Waals surface area contributed by atoms with Crippen molar-refractivity contribution in [1.29, 1.82) is 0 Å². The van der Waals surface area contributed by atoms with Crippen LogP contribution in [0.25, 0.3) is 0 Å². The fourth-order valence-electron chi connectivity index (χ4n) is 1.47. The summed E-state index contributed by atoms with van der Waals surface area (Å²) in [6.07, 6.45) is 3.25. The molecule has 0 amide bonds. The van der Waals surface area contributed by atoms with Gasteiger partial charge in [0.05, 0.1) is 19.2 Å². The molecule has 0 spiro atoms. The molecule has 2 heterocycles. The highest BCUT2D eigenvalue weighted by Crippen LogP contribution is 2.12. The van der Waals surface area contributed by atoms with Gasteiger partial charge in [-0.2, -0.15) is 0 Å². The Kier molecular flexibility index (Phi) is 4.11. The normalized spacial score (nSPS) is 10.6. The first-order valence-corrected chi connectivity index (χ1v) is 6.28. The van der Waals surface area contributed by atoms with E-state index in [0.717, 1.165) is 5.01 Å². The number of furan rings is 1. The van der Waals surface area contributed by atoms with Gasteiger partial charge < -0.3 is 14.5 Å². The number of nitrogens with one attached hydrogen (secondary N) is 1. The average Bonchev–Trinajstić information content (AvgIpc) is 2.98. The molecule has 2 aromatic rings. The van der Waals surface area contributed by atoms with E-state index in [-0.39, 0.29) is 5.97 Å². The minimum atomic E-state index is -0.388. The Morgan fingerprint density at radius 3 is 3.06 bits per heavy atom. The summed E-state index contributed by atoms with van der Waals surface area (Å²) >= 11 is 1.66. The van der Waals surface area contributed by atoms with Crippen LogP contribution in [0.1, 0.15) is 26.0 Å². The van der Waals surface area contributed by atoms with Crippen LogP contribution in [0.4, 0.5) is 0 Å². The SMILES string of the molecule is COC(=O)c1coc(CNCc2ncc(C)s2)c1. The Labute approximate surface area is 109 Å². The zero-order valence-corrected chi connectivity index (χ0v) is 11.0. The van der Waals surface area contributed by atoms with Gasteiger partial charge in [0.25, 0.3) is 0 Å². The molecule has 0 aliphatic carbocycles. The lowest BCUT2D eigenvalue weighted by Gasteiger charge is -1.98. The van der Waals surface area contributed by atoms with Crippen LogP contribution in [-0.2, 0) is 17.8 Å². The maximum atomic E-state index is 11.2. The van der Waals surface area contributed by atoms with Gasteiger partial charge in [-0.15, -0.1) is 11.3 Å². The zero-order chi connectivity index (χ0) is 13.0. The second-order valence-corrected chi connectivity index (χ2v) is 5.08. The topological polar surface area (TPSA) is 64.4 Å². The number of hydrogen-bond donors (Lipinski definition) is 1. The molecule has 2 rings (SSSR count). The van der Waals surface area contributed by atoms with Crippen LogP contribution in [0.5, 0.6) is 0 Å².